The molecule has 1 aliphatic rings. The number of likely N-dealkylation sites (tertiary alicyclic amines) is 1. The summed E-state index contributed by atoms with van der Waals surface area (Å²) in [5.41, 5.74) is 1.25. The third-order valence-electron chi connectivity index (χ3n) is 3.80. The monoisotopic (exact) mass is 233 g/mol. The van der Waals surface area contributed by atoms with Crippen molar-refractivity contribution in [3.63, 3.8) is 0 Å². The Labute approximate surface area is 104 Å². The maximum atomic E-state index is 9.68. The first-order valence-electron chi connectivity index (χ1n) is 6.78. The summed E-state index contributed by atoms with van der Waals surface area (Å²) in [6, 6.07) is 11.3. The number of benzene rings is 1. The first-order chi connectivity index (χ1) is 8.36. The van der Waals surface area contributed by atoms with Crippen LogP contribution in [0, 0.1) is 0 Å². The van der Waals surface area contributed by atoms with Crippen molar-refractivity contribution in [3.05, 3.63) is 35.9 Å². The molecule has 1 fully saturated rings. The summed E-state index contributed by atoms with van der Waals surface area (Å²) in [4.78, 5) is 2.50. The number of rotatable bonds is 5. The molecular formula is C15H23NO. The fourth-order valence-electron chi connectivity index (χ4n) is 2.99. The van der Waals surface area contributed by atoms with E-state index in [1.165, 1.54) is 31.2 Å². The Morgan fingerprint density at radius 2 is 2.12 bits per heavy atom. The molecule has 0 spiro atoms. The highest BCUT2D eigenvalue weighted by Crippen LogP contribution is 2.31. The molecule has 1 aliphatic heterocycles. The van der Waals surface area contributed by atoms with Crippen LogP contribution in [-0.4, -0.2) is 29.2 Å². The Balaban J connectivity index is 2.12. The zero-order valence-electron chi connectivity index (χ0n) is 10.7. The van der Waals surface area contributed by atoms with E-state index in [1.807, 2.05) is 6.07 Å². The van der Waals surface area contributed by atoms with E-state index in [0.717, 1.165) is 6.54 Å². The van der Waals surface area contributed by atoms with Crippen molar-refractivity contribution in [1.29, 1.82) is 0 Å². The zero-order valence-corrected chi connectivity index (χ0v) is 10.7. The van der Waals surface area contributed by atoms with Crippen LogP contribution >= 0.6 is 0 Å². The zero-order chi connectivity index (χ0) is 12.1. The van der Waals surface area contributed by atoms with Crippen LogP contribution < -0.4 is 0 Å². The minimum Gasteiger partial charge on any atom is -0.394 e. The van der Waals surface area contributed by atoms with Crippen molar-refractivity contribution in [2.24, 2.45) is 0 Å². The third kappa shape index (κ3) is 2.88. The van der Waals surface area contributed by atoms with Crippen molar-refractivity contribution in [1.82, 2.24) is 4.90 Å². The summed E-state index contributed by atoms with van der Waals surface area (Å²) in [5.74, 6) is 0. The Kier molecular flexibility index (Phi) is 4.57. The smallest absolute Gasteiger partial charge is 0.0628 e. The number of nitrogens with zero attached hydrogens (tertiary/aromatic N) is 1. The van der Waals surface area contributed by atoms with Crippen molar-refractivity contribution in [2.45, 2.75) is 44.7 Å². The van der Waals surface area contributed by atoms with Gasteiger partial charge in [-0.1, -0.05) is 43.7 Å². The van der Waals surface area contributed by atoms with Crippen LogP contribution in [0.1, 0.15) is 44.2 Å². The van der Waals surface area contributed by atoms with E-state index in [1.54, 1.807) is 0 Å². The molecule has 1 heterocycles. The van der Waals surface area contributed by atoms with Crippen LogP contribution in [-0.2, 0) is 0 Å². The summed E-state index contributed by atoms with van der Waals surface area (Å²) in [7, 11) is 0. The SMILES string of the molecule is CCC[C@H]1CCCN1[C@@H](CO)c1ccccc1. The van der Waals surface area contributed by atoms with Crippen molar-refractivity contribution < 1.29 is 5.11 Å². The molecule has 2 atom stereocenters. The van der Waals surface area contributed by atoms with Gasteiger partial charge in [0.2, 0.25) is 0 Å². The van der Waals surface area contributed by atoms with E-state index in [2.05, 4.69) is 36.1 Å². The van der Waals surface area contributed by atoms with Crippen molar-refractivity contribution >= 4 is 0 Å². The van der Waals surface area contributed by atoms with Gasteiger partial charge in [-0.25, -0.2) is 0 Å². The van der Waals surface area contributed by atoms with Gasteiger partial charge in [0.15, 0.2) is 0 Å². The quantitative estimate of drug-likeness (QED) is 0.845. The topological polar surface area (TPSA) is 23.5 Å². The third-order valence-corrected chi connectivity index (χ3v) is 3.80. The molecule has 0 saturated carbocycles. The van der Waals surface area contributed by atoms with Gasteiger partial charge < -0.3 is 5.11 Å². The Bertz CT molecular complexity index is 325. The second-order valence-electron chi connectivity index (χ2n) is 4.93. The number of hydrogen-bond donors (Lipinski definition) is 1. The van der Waals surface area contributed by atoms with Gasteiger partial charge in [0, 0.05) is 6.04 Å². The van der Waals surface area contributed by atoms with Gasteiger partial charge in [-0.2, -0.15) is 0 Å². The Morgan fingerprint density at radius 3 is 2.76 bits per heavy atom. The van der Waals surface area contributed by atoms with Crippen LogP contribution in [0.15, 0.2) is 30.3 Å². The van der Waals surface area contributed by atoms with Crippen LogP contribution in [0.25, 0.3) is 0 Å². The molecule has 2 rings (SSSR count). The second kappa shape index (κ2) is 6.18. The normalized spacial score (nSPS) is 22.8. The molecule has 2 nitrogen and oxygen atoms in total. The average molecular weight is 233 g/mol. The van der Waals surface area contributed by atoms with E-state index in [-0.39, 0.29) is 12.6 Å². The maximum Gasteiger partial charge on any atom is 0.0628 e. The summed E-state index contributed by atoms with van der Waals surface area (Å²) >= 11 is 0. The van der Waals surface area contributed by atoms with Crippen LogP contribution in [0.3, 0.4) is 0 Å². The molecule has 1 aromatic carbocycles. The van der Waals surface area contributed by atoms with Gasteiger partial charge in [0.1, 0.15) is 0 Å². The van der Waals surface area contributed by atoms with Crippen molar-refractivity contribution in [2.75, 3.05) is 13.2 Å². The molecule has 0 aliphatic carbocycles. The summed E-state index contributed by atoms with van der Waals surface area (Å²) in [5, 5.41) is 9.68. The molecule has 1 saturated heterocycles. The molecule has 1 aromatic rings. The summed E-state index contributed by atoms with van der Waals surface area (Å²) in [6.45, 7) is 3.60. The summed E-state index contributed by atoms with van der Waals surface area (Å²) < 4.78 is 0. The van der Waals surface area contributed by atoms with Crippen molar-refractivity contribution in [3.8, 4) is 0 Å². The predicted octanol–water partition coefficient (Wildman–Crippen LogP) is 2.98. The van der Waals surface area contributed by atoms with E-state index >= 15 is 0 Å². The lowest BCUT2D eigenvalue weighted by atomic mass is 10.0. The average Bonchev–Trinajstić information content (AvgIpc) is 2.81. The molecule has 94 valence electrons. The molecule has 0 unspecified atom stereocenters. The standard InChI is InChI=1S/C15H23NO/c1-2-7-14-10-6-11-16(14)15(12-17)13-8-4-3-5-9-13/h3-5,8-9,14-15,17H,2,6-7,10-12H2,1H3/t14-,15-/m0/s1. The van der Waals surface area contributed by atoms with Gasteiger partial charge >= 0.3 is 0 Å². The summed E-state index contributed by atoms with van der Waals surface area (Å²) in [6.07, 6.45) is 5.04. The molecule has 0 aromatic heterocycles. The minimum atomic E-state index is 0.190. The van der Waals surface area contributed by atoms with Gasteiger partial charge in [0.05, 0.1) is 12.6 Å². The fourth-order valence-corrected chi connectivity index (χ4v) is 2.99. The fraction of sp³-hybridized carbons (Fsp3) is 0.600. The molecule has 0 radical (unpaired) electrons. The molecule has 0 bridgehead atoms. The minimum absolute atomic E-state index is 0.190. The van der Waals surface area contributed by atoms with E-state index in [0.29, 0.717) is 6.04 Å². The molecule has 2 heteroatoms. The number of aliphatic hydroxyl groups is 1. The maximum absolute atomic E-state index is 9.68. The van der Waals surface area contributed by atoms with Gasteiger partial charge in [-0.3, -0.25) is 4.90 Å². The lowest BCUT2D eigenvalue weighted by Crippen LogP contribution is -2.35. The largest absolute Gasteiger partial charge is 0.394 e. The lowest BCUT2D eigenvalue weighted by Gasteiger charge is -2.32. The van der Waals surface area contributed by atoms with Gasteiger partial charge in [-0.15, -0.1) is 0 Å². The van der Waals surface area contributed by atoms with Crippen LogP contribution in [0.4, 0.5) is 0 Å². The van der Waals surface area contributed by atoms with Gasteiger partial charge in [0.25, 0.3) is 0 Å². The highest BCUT2D eigenvalue weighted by molar-refractivity contribution is 5.19. The lowest BCUT2D eigenvalue weighted by molar-refractivity contribution is 0.108. The highest BCUT2D eigenvalue weighted by Gasteiger charge is 2.30. The van der Waals surface area contributed by atoms with Gasteiger partial charge in [-0.05, 0) is 31.4 Å². The molecule has 1 N–H and O–H groups in total. The van der Waals surface area contributed by atoms with E-state index in [4.69, 9.17) is 0 Å². The molecule has 17 heavy (non-hydrogen) atoms. The van der Waals surface area contributed by atoms with E-state index < -0.39 is 0 Å². The Morgan fingerprint density at radius 1 is 1.35 bits per heavy atom. The predicted molar refractivity (Wildman–Crippen MR) is 70.9 cm³/mol. The molecule has 0 amide bonds. The highest BCUT2D eigenvalue weighted by atomic mass is 16.3. The van der Waals surface area contributed by atoms with Crippen LogP contribution in [0.2, 0.25) is 0 Å². The first-order valence-corrected chi connectivity index (χ1v) is 6.78. The second-order valence-corrected chi connectivity index (χ2v) is 4.93. The number of hydrogen-bond acceptors (Lipinski definition) is 2. The number of aliphatic hydroxyl groups excluding tert-OH is 1. The Hall–Kier alpha value is -0.860. The van der Waals surface area contributed by atoms with Crippen LogP contribution in [0.5, 0.6) is 0 Å². The molecular weight excluding hydrogens is 210 g/mol. The first kappa shape index (κ1) is 12.6. The van der Waals surface area contributed by atoms with E-state index in [9.17, 15) is 5.11 Å².